The highest BCUT2D eigenvalue weighted by Crippen LogP contribution is 2.39. The summed E-state index contributed by atoms with van der Waals surface area (Å²) in [4.78, 5) is 14.1. The monoisotopic (exact) mass is 259 g/mol. The van der Waals surface area contributed by atoms with Gasteiger partial charge < -0.3 is 15.8 Å². The molecule has 0 radical (unpaired) electrons. The Morgan fingerprint density at radius 3 is 2.82 bits per heavy atom. The summed E-state index contributed by atoms with van der Waals surface area (Å²) in [5, 5.41) is 11.5. The number of rotatable bonds is 5. The summed E-state index contributed by atoms with van der Waals surface area (Å²) in [6, 6.07) is 0. The number of carbonyl (C=O) groups is 1. The SMILES string of the molecule is CCCN(CC(N)=NO)C(=O)C1(C)CCCS1. The third-order valence-electron chi connectivity index (χ3n) is 2.93. The van der Waals surface area contributed by atoms with Crippen LogP contribution in [0.25, 0.3) is 0 Å². The molecule has 0 aliphatic carbocycles. The lowest BCUT2D eigenvalue weighted by atomic mass is 10.0. The second-order valence-electron chi connectivity index (χ2n) is 4.50. The van der Waals surface area contributed by atoms with Crippen LogP contribution in [-0.2, 0) is 4.79 Å². The highest BCUT2D eigenvalue weighted by Gasteiger charge is 2.39. The van der Waals surface area contributed by atoms with Crippen LogP contribution in [0, 0.1) is 0 Å². The average Bonchev–Trinajstić information content (AvgIpc) is 2.75. The summed E-state index contributed by atoms with van der Waals surface area (Å²) in [5.41, 5.74) is 5.48. The molecule has 1 amide bonds. The van der Waals surface area contributed by atoms with E-state index in [1.165, 1.54) is 0 Å². The molecule has 0 aromatic carbocycles. The van der Waals surface area contributed by atoms with Crippen LogP contribution in [0.1, 0.15) is 33.1 Å². The quantitative estimate of drug-likeness (QED) is 0.337. The van der Waals surface area contributed by atoms with Gasteiger partial charge in [0, 0.05) is 6.54 Å². The first-order chi connectivity index (χ1) is 8.03. The number of carbonyl (C=O) groups excluding carboxylic acids is 1. The summed E-state index contributed by atoms with van der Waals surface area (Å²) < 4.78 is -0.328. The maximum absolute atomic E-state index is 12.4. The van der Waals surface area contributed by atoms with Crippen LogP contribution < -0.4 is 5.73 Å². The Morgan fingerprint density at radius 1 is 1.65 bits per heavy atom. The number of thioether (sulfide) groups is 1. The van der Waals surface area contributed by atoms with E-state index in [-0.39, 0.29) is 23.0 Å². The highest BCUT2D eigenvalue weighted by atomic mass is 32.2. The second-order valence-corrected chi connectivity index (χ2v) is 6.10. The lowest BCUT2D eigenvalue weighted by molar-refractivity contribution is -0.132. The van der Waals surface area contributed by atoms with Crippen LogP contribution in [0.2, 0.25) is 0 Å². The fraction of sp³-hybridized carbons (Fsp3) is 0.818. The van der Waals surface area contributed by atoms with Gasteiger partial charge in [0.1, 0.15) is 0 Å². The molecule has 1 aliphatic heterocycles. The molecule has 0 aromatic heterocycles. The van der Waals surface area contributed by atoms with E-state index in [1.807, 2.05) is 13.8 Å². The number of amidine groups is 1. The van der Waals surface area contributed by atoms with Crippen LogP contribution in [-0.4, -0.2) is 45.4 Å². The number of hydrogen-bond donors (Lipinski definition) is 2. The Hall–Kier alpha value is -0.910. The summed E-state index contributed by atoms with van der Waals surface area (Å²) >= 11 is 1.71. The van der Waals surface area contributed by atoms with Crippen molar-refractivity contribution in [3.05, 3.63) is 0 Å². The van der Waals surface area contributed by atoms with E-state index in [2.05, 4.69) is 5.16 Å². The molecule has 1 unspecified atom stereocenters. The predicted octanol–water partition coefficient (Wildman–Crippen LogP) is 1.26. The molecule has 1 saturated heterocycles. The fourth-order valence-corrected chi connectivity index (χ4v) is 3.31. The van der Waals surface area contributed by atoms with Crippen molar-refractivity contribution in [2.45, 2.75) is 37.9 Å². The molecular formula is C11H21N3O2S. The van der Waals surface area contributed by atoms with Gasteiger partial charge in [-0.15, -0.1) is 11.8 Å². The Bertz CT molecular complexity index is 301. The van der Waals surface area contributed by atoms with Crippen molar-refractivity contribution in [1.29, 1.82) is 0 Å². The van der Waals surface area contributed by atoms with Crippen LogP contribution in [0.15, 0.2) is 5.16 Å². The zero-order valence-corrected chi connectivity index (χ0v) is 11.3. The van der Waals surface area contributed by atoms with Gasteiger partial charge in [0.25, 0.3) is 0 Å². The number of oxime groups is 1. The summed E-state index contributed by atoms with van der Waals surface area (Å²) in [7, 11) is 0. The minimum absolute atomic E-state index is 0.0818. The highest BCUT2D eigenvalue weighted by molar-refractivity contribution is 8.01. The van der Waals surface area contributed by atoms with Gasteiger partial charge in [-0.3, -0.25) is 4.79 Å². The van der Waals surface area contributed by atoms with E-state index < -0.39 is 0 Å². The molecule has 1 aliphatic rings. The Morgan fingerprint density at radius 2 is 2.35 bits per heavy atom. The fourth-order valence-electron chi connectivity index (χ4n) is 2.03. The third kappa shape index (κ3) is 3.52. The lowest BCUT2D eigenvalue weighted by Crippen LogP contribution is -2.47. The van der Waals surface area contributed by atoms with Crippen molar-refractivity contribution in [2.24, 2.45) is 10.9 Å². The summed E-state index contributed by atoms with van der Waals surface area (Å²) in [6.45, 7) is 4.85. The number of hydrogen-bond acceptors (Lipinski definition) is 4. The topological polar surface area (TPSA) is 78.9 Å². The van der Waals surface area contributed by atoms with E-state index in [1.54, 1.807) is 16.7 Å². The third-order valence-corrected chi connectivity index (χ3v) is 4.44. The van der Waals surface area contributed by atoms with Crippen molar-refractivity contribution in [1.82, 2.24) is 4.90 Å². The van der Waals surface area contributed by atoms with Gasteiger partial charge in [0.15, 0.2) is 5.84 Å². The van der Waals surface area contributed by atoms with Crippen LogP contribution in [0.4, 0.5) is 0 Å². The van der Waals surface area contributed by atoms with Gasteiger partial charge in [-0.2, -0.15) is 0 Å². The zero-order valence-electron chi connectivity index (χ0n) is 10.5. The van der Waals surface area contributed by atoms with E-state index >= 15 is 0 Å². The molecular weight excluding hydrogens is 238 g/mol. The molecule has 6 heteroatoms. The number of nitrogens with two attached hydrogens (primary N) is 1. The predicted molar refractivity (Wildman–Crippen MR) is 70.4 cm³/mol. The van der Waals surface area contributed by atoms with Gasteiger partial charge in [-0.25, -0.2) is 0 Å². The van der Waals surface area contributed by atoms with Crippen molar-refractivity contribution >= 4 is 23.5 Å². The van der Waals surface area contributed by atoms with Gasteiger partial charge in [0.2, 0.25) is 5.91 Å². The molecule has 98 valence electrons. The van der Waals surface area contributed by atoms with Gasteiger partial charge in [0.05, 0.1) is 11.3 Å². The molecule has 3 N–H and O–H groups in total. The molecule has 1 rings (SSSR count). The second kappa shape index (κ2) is 6.14. The molecule has 0 saturated carbocycles. The van der Waals surface area contributed by atoms with Crippen LogP contribution in [0.3, 0.4) is 0 Å². The molecule has 1 atom stereocenters. The number of nitrogens with zero attached hydrogens (tertiary/aromatic N) is 2. The molecule has 1 heterocycles. The van der Waals surface area contributed by atoms with Gasteiger partial charge >= 0.3 is 0 Å². The zero-order chi connectivity index (χ0) is 12.9. The first-order valence-electron chi connectivity index (χ1n) is 5.93. The molecule has 5 nitrogen and oxygen atoms in total. The average molecular weight is 259 g/mol. The normalized spacial score (nSPS) is 24.9. The maximum atomic E-state index is 12.4. The minimum atomic E-state index is -0.328. The largest absolute Gasteiger partial charge is 0.409 e. The smallest absolute Gasteiger partial charge is 0.238 e. The number of amides is 1. The maximum Gasteiger partial charge on any atom is 0.238 e. The Kier molecular flexibility index (Phi) is 5.11. The van der Waals surface area contributed by atoms with E-state index in [4.69, 9.17) is 10.9 Å². The van der Waals surface area contributed by atoms with Crippen molar-refractivity contribution in [2.75, 3.05) is 18.8 Å². The molecule has 0 bridgehead atoms. The minimum Gasteiger partial charge on any atom is -0.409 e. The van der Waals surface area contributed by atoms with Gasteiger partial charge in [-0.05, 0) is 31.9 Å². The molecule has 1 fully saturated rings. The molecule has 0 aromatic rings. The molecule has 17 heavy (non-hydrogen) atoms. The first-order valence-corrected chi connectivity index (χ1v) is 6.92. The van der Waals surface area contributed by atoms with Crippen LogP contribution >= 0.6 is 11.8 Å². The molecule has 0 spiro atoms. The lowest BCUT2D eigenvalue weighted by Gasteiger charge is -2.30. The first kappa shape index (κ1) is 14.2. The Labute approximate surface area is 106 Å². The van der Waals surface area contributed by atoms with Crippen molar-refractivity contribution in [3.63, 3.8) is 0 Å². The van der Waals surface area contributed by atoms with Crippen molar-refractivity contribution < 1.29 is 10.0 Å². The Balaban J connectivity index is 2.72. The van der Waals surface area contributed by atoms with Crippen molar-refractivity contribution in [3.8, 4) is 0 Å². The van der Waals surface area contributed by atoms with Gasteiger partial charge in [-0.1, -0.05) is 12.1 Å². The standard InChI is InChI=1S/C11H21N3O2S/c1-3-6-14(8-9(12)13-16)10(15)11(2)5-4-7-17-11/h16H,3-8H2,1-2H3,(H2,12,13). The summed E-state index contributed by atoms with van der Waals surface area (Å²) in [6.07, 6.45) is 2.86. The van der Waals surface area contributed by atoms with E-state index in [0.717, 1.165) is 25.0 Å². The van der Waals surface area contributed by atoms with E-state index in [9.17, 15) is 4.79 Å². The summed E-state index contributed by atoms with van der Waals surface area (Å²) in [5.74, 6) is 1.22. The van der Waals surface area contributed by atoms with E-state index in [0.29, 0.717) is 6.54 Å². The van der Waals surface area contributed by atoms with Crippen LogP contribution in [0.5, 0.6) is 0 Å².